The molecule has 2 aromatic rings. The van der Waals surface area contributed by atoms with Gasteiger partial charge in [0.05, 0.1) is 23.6 Å². The number of benzene rings is 2. The largest absolute Gasteiger partial charge is 0.508 e. The number of fused-ring (bicyclic) bond motifs is 3. The first-order chi connectivity index (χ1) is 19.7. The summed E-state index contributed by atoms with van der Waals surface area (Å²) in [7, 11) is -2.75. The van der Waals surface area contributed by atoms with Crippen LogP contribution in [0.5, 0.6) is 5.75 Å². The molecule has 8 nitrogen and oxygen atoms in total. The van der Waals surface area contributed by atoms with Crippen LogP contribution in [0.3, 0.4) is 0 Å². The van der Waals surface area contributed by atoms with Gasteiger partial charge < -0.3 is 24.8 Å². The van der Waals surface area contributed by atoms with Crippen LogP contribution in [-0.4, -0.2) is 52.3 Å². The number of rotatable bonds is 9. The molecular weight excluding hydrogens is 520 g/mol. The standard InChI is InChI=1S/C31H37B2NO7/c1-3-7-19(14-20-8-5-11-24(35)15-20)12-13-27-28-21(4-2)16-25-29(26(28)18-32(38)41-27)31(37)34(30(25)36)23-10-6-9-22(17-23)33(39)40/h5-6,8-11,14-15,17,25-27,29,35,38-40H,3-4,7,12-13,16,18H2,1-2H3/b19-14+/t25-,26+,27-,29-/m1/s1. The minimum absolute atomic E-state index is 0.203. The third kappa shape index (κ3) is 5.93. The molecule has 2 fully saturated rings. The Labute approximate surface area is 241 Å². The number of carbonyl (C=O) groups is 2. The molecule has 0 aromatic heterocycles. The monoisotopic (exact) mass is 557 g/mol. The molecule has 0 spiro atoms. The minimum Gasteiger partial charge on any atom is -0.508 e. The number of phenolic OH excluding ortho intramolecular Hbond substituents is 1. The first kappa shape index (κ1) is 29.3. The van der Waals surface area contributed by atoms with Crippen molar-refractivity contribution in [2.45, 2.75) is 64.8 Å². The average molecular weight is 557 g/mol. The maximum Gasteiger partial charge on any atom is 0.488 e. The van der Waals surface area contributed by atoms with E-state index in [1.165, 1.54) is 22.6 Å². The SMILES string of the molecule is CCC/C(=C\c1cccc(O)c1)CC[C@H]1OB(O)C[C@H]2C1=C(CC)C[C@H]1C(=O)N(c3cccc(B(O)O)c3)C(=O)[C@H]12. The van der Waals surface area contributed by atoms with Gasteiger partial charge in [0.25, 0.3) is 0 Å². The molecule has 0 saturated carbocycles. The first-order valence-corrected chi connectivity index (χ1v) is 14.6. The summed E-state index contributed by atoms with van der Waals surface area (Å²) in [5.74, 6) is -1.82. The molecule has 2 heterocycles. The number of amides is 2. The minimum atomic E-state index is -1.71. The van der Waals surface area contributed by atoms with Gasteiger partial charge in [0.1, 0.15) is 5.75 Å². The lowest BCUT2D eigenvalue weighted by molar-refractivity contribution is -0.122. The Morgan fingerprint density at radius 3 is 2.56 bits per heavy atom. The lowest BCUT2D eigenvalue weighted by atomic mass is 9.58. The summed E-state index contributed by atoms with van der Waals surface area (Å²) in [5.41, 5.74) is 4.84. The van der Waals surface area contributed by atoms with E-state index in [2.05, 4.69) is 19.9 Å². The topological polar surface area (TPSA) is 128 Å². The summed E-state index contributed by atoms with van der Waals surface area (Å²) < 4.78 is 6.11. The van der Waals surface area contributed by atoms with Gasteiger partial charge in [-0.05, 0) is 85.2 Å². The molecule has 2 aliphatic heterocycles. The van der Waals surface area contributed by atoms with E-state index in [9.17, 15) is 29.8 Å². The van der Waals surface area contributed by atoms with Gasteiger partial charge >= 0.3 is 14.2 Å². The van der Waals surface area contributed by atoms with Crippen molar-refractivity contribution in [1.82, 2.24) is 0 Å². The van der Waals surface area contributed by atoms with Gasteiger partial charge in [0.15, 0.2) is 0 Å². The van der Waals surface area contributed by atoms with E-state index in [0.29, 0.717) is 18.5 Å². The van der Waals surface area contributed by atoms with Crippen molar-refractivity contribution < 1.29 is 34.4 Å². The number of imide groups is 1. The summed E-state index contributed by atoms with van der Waals surface area (Å²) in [6, 6.07) is 13.4. The lowest BCUT2D eigenvalue weighted by Crippen LogP contribution is -2.46. The fourth-order valence-corrected chi connectivity index (χ4v) is 6.94. The number of nitrogens with zero attached hydrogens (tertiary/aromatic N) is 1. The van der Waals surface area contributed by atoms with Gasteiger partial charge in [0.2, 0.25) is 11.8 Å². The second-order valence-corrected chi connectivity index (χ2v) is 11.3. The van der Waals surface area contributed by atoms with Crippen molar-refractivity contribution in [1.29, 1.82) is 0 Å². The maximum atomic E-state index is 13.9. The quantitative estimate of drug-likeness (QED) is 0.211. The summed E-state index contributed by atoms with van der Waals surface area (Å²) in [6.45, 7) is 4.18. The van der Waals surface area contributed by atoms with E-state index in [1.807, 2.05) is 12.1 Å². The third-order valence-corrected chi connectivity index (χ3v) is 8.70. The number of anilines is 1. The van der Waals surface area contributed by atoms with Crippen molar-refractivity contribution in [2.75, 3.05) is 4.90 Å². The van der Waals surface area contributed by atoms with Gasteiger partial charge in [-0.3, -0.25) is 14.5 Å². The summed E-state index contributed by atoms with van der Waals surface area (Å²) >= 11 is 0. The first-order valence-electron chi connectivity index (χ1n) is 14.6. The number of hydrogen-bond donors (Lipinski definition) is 4. The van der Waals surface area contributed by atoms with Gasteiger partial charge in [-0.25, -0.2) is 0 Å². The van der Waals surface area contributed by atoms with Crippen LogP contribution in [0.2, 0.25) is 6.32 Å². The van der Waals surface area contributed by atoms with Gasteiger partial charge in [0, 0.05) is 0 Å². The predicted molar refractivity (Wildman–Crippen MR) is 159 cm³/mol. The molecule has 1 aliphatic carbocycles. The molecule has 2 saturated heterocycles. The Balaban J connectivity index is 1.43. The molecule has 5 rings (SSSR count). The summed E-state index contributed by atoms with van der Waals surface area (Å²) in [6.07, 6.45) is 6.40. The van der Waals surface area contributed by atoms with Crippen LogP contribution in [0, 0.1) is 17.8 Å². The van der Waals surface area contributed by atoms with Crippen LogP contribution in [0.4, 0.5) is 5.69 Å². The van der Waals surface area contributed by atoms with Gasteiger partial charge in [-0.1, -0.05) is 61.8 Å². The fraction of sp³-hybridized carbons (Fsp3) is 0.419. The molecule has 41 heavy (non-hydrogen) atoms. The van der Waals surface area contributed by atoms with Crippen LogP contribution in [-0.2, 0) is 14.2 Å². The van der Waals surface area contributed by atoms with Gasteiger partial charge in [-0.15, -0.1) is 0 Å². The van der Waals surface area contributed by atoms with Crippen molar-refractivity contribution in [3.05, 3.63) is 70.8 Å². The highest BCUT2D eigenvalue weighted by molar-refractivity contribution is 6.58. The van der Waals surface area contributed by atoms with Crippen LogP contribution in [0.25, 0.3) is 6.08 Å². The van der Waals surface area contributed by atoms with E-state index < -0.39 is 26.1 Å². The van der Waals surface area contributed by atoms with Gasteiger partial charge in [-0.2, -0.15) is 0 Å². The highest BCUT2D eigenvalue weighted by atomic mass is 16.5. The molecule has 4 N–H and O–H groups in total. The van der Waals surface area contributed by atoms with E-state index >= 15 is 0 Å². The fourth-order valence-electron chi connectivity index (χ4n) is 6.94. The number of carbonyl (C=O) groups excluding carboxylic acids is 2. The second kappa shape index (κ2) is 12.4. The van der Waals surface area contributed by atoms with Crippen LogP contribution >= 0.6 is 0 Å². The van der Waals surface area contributed by atoms with Crippen molar-refractivity contribution in [2.24, 2.45) is 17.8 Å². The summed E-state index contributed by atoms with van der Waals surface area (Å²) in [4.78, 5) is 28.7. The van der Waals surface area contributed by atoms with Crippen molar-refractivity contribution in [3.8, 4) is 5.75 Å². The zero-order valence-corrected chi connectivity index (χ0v) is 23.6. The van der Waals surface area contributed by atoms with E-state index in [1.54, 1.807) is 24.3 Å². The molecule has 3 aliphatic rings. The highest BCUT2D eigenvalue weighted by Crippen LogP contribution is 2.51. The molecular formula is C31H37B2NO7. The smallest absolute Gasteiger partial charge is 0.488 e. The van der Waals surface area contributed by atoms with Crippen LogP contribution in [0.15, 0.2) is 65.3 Å². The number of phenols is 1. The van der Waals surface area contributed by atoms with Crippen molar-refractivity contribution in [3.63, 3.8) is 0 Å². The lowest BCUT2D eigenvalue weighted by Gasteiger charge is -2.43. The zero-order valence-electron chi connectivity index (χ0n) is 23.6. The Hall–Kier alpha value is -3.17. The molecule has 214 valence electrons. The highest BCUT2D eigenvalue weighted by Gasteiger charge is 2.57. The van der Waals surface area contributed by atoms with Crippen LogP contribution in [0.1, 0.15) is 57.9 Å². The number of hydrogen-bond acceptors (Lipinski definition) is 7. The molecule has 0 radical (unpaired) electrons. The number of aromatic hydroxyl groups is 1. The third-order valence-electron chi connectivity index (χ3n) is 8.70. The number of allylic oxidation sites excluding steroid dienone is 2. The van der Waals surface area contributed by atoms with E-state index in [0.717, 1.165) is 42.4 Å². The normalized spacial score (nSPS) is 24.6. The van der Waals surface area contributed by atoms with E-state index in [-0.39, 0.29) is 41.4 Å². The second-order valence-electron chi connectivity index (χ2n) is 11.3. The zero-order chi connectivity index (χ0) is 29.3. The van der Waals surface area contributed by atoms with Crippen molar-refractivity contribution >= 4 is 43.3 Å². The molecule has 2 amide bonds. The Morgan fingerprint density at radius 1 is 1.07 bits per heavy atom. The predicted octanol–water partition coefficient (Wildman–Crippen LogP) is 3.45. The Morgan fingerprint density at radius 2 is 1.85 bits per heavy atom. The maximum absolute atomic E-state index is 13.9. The molecule has 2 aromatic carbocycles. The molecule has 0 unspecified atom stereocenters. The molecule has 0 bridgehead atoms. The summed E-state index contributed by atoms with van der Waals surface area (Å²) in [5, 5.41) is 40.0. The average Bonchev–Trinajstić information content (AvgIpc) is 3.20. The molecule has 10 heteroatoms. The Bertz CT molecular complexity index is 1370. The Kier molecular flexibility index (Phi) is 8.85. The van der Waals surface area contributed by atoms with Crippen LogP contribution < -0.4 is 10.4 Å². The van der Waals surface area contributed by atoms with E-state index in [4.69, 9.17) is 4.65 Å². The molecule has 4 atom stereocenters.